The lowest BCUT2D eigenvalue weighted by Gasteiger charge is -2.42. The van der Waals surface area contributed by atoms with E-state index in [2.05, 4.69) is 0 Å². The molecule has 4 atom stereocenters. The highest BCUT2D eigenvalue weighted by Crippen LogP contribution is 2.30. The molecule has 1 heterocycles. The van der Waals surface area contributed by atoms with Gasteiger partial charge in [0.05, 0.1) is 11.7 Å². The zero-order valence-corrected chi connectivity index (χ0v) is 7.65. The fourth-order valence-corrected chi connectivity index (χ4v) is 1.54. The number of hydrogen-bond acceptors (Lipinski definition) is 4. The van der Waals surface area contributed by atoms with E-state index in [1.165, 1.54) is 7.11 Å². The molecule has 0 bridgehead atoms. The molecule has 4 nitrogen and oxygen atoms in total. The van der Waals surface area contributed by atoms with Gasteiger partial charge in [0, 0.05) is 13.5 Å². The Morgan fingerprint density at radius 2 is 2.08 bits per heavy atom. The van der Waals surface area contributed by atoms with Crippen molar-refractivity contribution in [3.63, 3.8) is 0 Å². The average molecular weight is 176 g/mol. The smallest absolute Gasteiger partial charge is 0.157 e. The maximum Gasteiger partial charge on any atom is 0.157 e. The molecule has 0 saturated carbocycles. The molecule has 12 heavy (non-hydrogen) atoms. The Balaban J connectivity index is 2.72. The van der Waals surface area contributed by atoms with Gasteiger partial charge in [-0.15, -0.1) is 0 Å². The van der Waals surface area contributed by atoms with Crippen molar-refractivity contribution in [3.8, 4) is 0 Å². The Morgan fingerprint density at radius 1 is 1.50 bits per heavy atom. The van der Waals surface area contributed by atoms with Crippen LogP contribution in [0.25, 0.3) is 0 Å². The molecule has 0 spiro atoms. The second-order valence-electron chi connectivity index (χ2n) is 3.46. The minimum atomic E-state index is -0.839. The van der Waals surface area contributed by atoms with Crippen molar-refractivity contribution in [1.29, 1.82) is 0 Å². The number of ether oxygens (including phenoxy) is 2. The average Bonchev–Trinajstić information content (AvgIpc) is 2.00. The molecule has 1 fully saturated rings. The highest BCUT2D eigenvalue weighted by molar-refractivity contribution is 4.91. The first-order valence-electron chi connectivity index (χ1n) is 4.06. The van der Waals surface area contributed by atoms with Crippen molar-refractivity contribution >= 4 is 0 Å². The van der Waals surface area contributed by atoms with Gasteiger partial charge < -0.3 is 19.7 Å². The Kier molecular flexibility index (Phi) is 2.73. The highest BCUT2D eigenvalue weighted by Gasteiger charge is 2.44. The van der Waals surface area contributed by atoms with Crippen LogP contribution in [-0.4, -0.2) is 41.4 Å². The van der Waals surface area contributed by atoms with E-state index in [0.29, 0.717) is 6.42 Å². The van der Waals surface area contributed by atoms with E-state index in [0.717, 1.165) is 0 Å². The molecule has 72 valence electrons. The van der Waals surface area contributed by atoms with Gasteiger partial charge in [0.25, 0.3) is 0 Å². The molecule has 0 aromatic heterocycles. The maximum absolute atomic E-state index is 9.65. The van der Waals surface area contributed by atoms with E-state index in [9.17, 15) is 10.2 Å². The predicted molar refractivity (Wildman–Crippen MR) is 42.6 cm³/mol. The molecule has 0 amide bonds. The summed E-state index contributed by atoms with van der Waals surface area (Å²) in [5, 5.41) is 18.9. The molecule has 0 radical (unpaired) electrons. The Labute approximate surface area is 72.1 Å². The summed E-state index contributed by atoms with van der Waals surface area (Å²) in [6.07, 6.45) is -1.62. The number of aliphatic hydroxyl groups is 2. The van der Waals surface area contributed by atoms with E-state index < -0.39 is 24.1 Å². The molecule has 0 aromatic rings. The van der Waals surface area contributed by atoms with Gasteiger partial charge in [0.2, 0.25) is 0 Å². The van der Waals surface area contributed by atoms with Crippen LogP contribution >= 0.6 is 0 Å². The molecule has 4 heteroatoms. The van der Waals surface area contributed by atoms with Gasteiger partial charge in [-0.05, 0) is 13.8 Å². The standard InChI is InChI=1S/C8H16O4/c1-5-7(10)8(2,11-3)4-6(9)12-5/h5-7,9-10H,4H2,1-3H3/t5-,6+,7-,8-/m0/s1. The Bertz CT molecular complexity index is 161. The second kappa shape index (κ2) is 3.30. The summed E-state index contributed by atoms with van der Waals surface area (Å²) in [6, 6.07) is 0. The van der Waals surface area contributed by atoms with Crippen molar-refractivity contribution in [3.05, 3.63) is 0 Å². The minimum absolute atomic E-state index is 0.301. The minimum Gasteiger partial charge on any atom is -0.387 e. The third kappa shape index (κ3) is 1.61. The van der Waals surface area contributed by atoms with Gasteiger partial charge >= 0.3 is 0 Å². The van der Waals surface area contributed by atoms with Gasteiger partial charge in [-0.2, -0.15) is 0 Å². The second-order valence-corrected chi connectivity index (χ2v) is 3.46. The fraction of sp³-hybridized carbons (Fsp3) is 1.00. The van der Waals surface area contributed by atoms with Crippen LogP contribution < -0.4 is 0 Å². The number of rotatable bonds is 1. The van der Waals surface area contributed by atoms with Crippen molar-refractivity contribution in [2.45, 2.75) is 44.4 Å². The number of methoxy groups -OCH3 is 1. The normalized spacial score (nSPS) is 49.2. The zero-order valence-electron chi connectivity index (χ0n) is 7.65. The molecule has 1 aliphatic heterocycles. The SMILES string of the molecule is CO[C@@]1(C)C[C@H](O)O[C@@H](C)[C@@H]1O. The van der Waals surface area contributed by atoms with Crippen LogP contribution in [0.1, 0.15) is 20.3 Å². The van der Waals surface area contributed by atoms with Gasteiger partial charge in [-0.1, -0.05) is 0 Å². The number of hydrogen-bond donors (Lipinski definition) is 2. The highest BCUT2D eigenvalue weighted by atomic mass is 16.6. The zero-order chi connectivity index (χ0) is 9.35. The first kappa shape index (κ1) is 9.92. The molecular formula is C8H16O4. The predicted octanol–water partition coefficient (Wildman–Crippen LogP) is -0.120. The Morgan fingerprint density at radius 3 is 2.58 bits per heavy atom. The summed E-state index contributed by atoms with van der Waals surface area (Å²) in [5.74, 6) is 0. The van der Waals surface area contributed by atoms with Gasteiger partial charge in [0.1, 0.15) is 6.10 Å². The van der Waals surface area contributed by atoms with Crippen LogP contribution in [0, 0.1) is 0 Å². The lowest BCUT2D eigenvalue weighted by atomic mass is 9.89. The summed E-state index contributed by atoms with van der Waals surface area (Å²) in [6.45, 7) is 3.48. The van der Waals surface area contributed by atoms with Crippen molar-refractivity contribution in [2.24, 2.45) is 0 Å². The van der Waals surface area contributed by atoms with Crippen LogP contribution in [0.15, 0.2) is 0 Å². The van der Waals surface area contributed by atoms with Crippen LogP contribution in [0.4, 0.5) is 0 Å². The van der Waals surface area contributed by atoms with E-state index in [1.54, 1.807) is 13.8 Å². The largest absolute Gasteiger partial charge is 0.387 e. The van der Waals surface area contributed by atoms with Crippen LogP contribution in [0.3, 0.4) is 0 Å². The van der Waals surface area contributed by atoms with E-state index >= 15 is 0 Å². The monoisotopic (exact) mass is 176 g/mol. The van der Waals surface area contributed by atoms with Gasteiger partial charge in [-0.3, -0.25) is 0 Å². The molecule has 1 rings (SSSR count). The fourth-order valence-electron chi connectivity index (χ4n) is 1.54. The maximum atomic E-state index is 9.65. The van der Waals surface area contributed by atoms with Gasteiger partial charge in [-0.25, -0.2) is 0 Å². The molecule has 0 aliphatic carbocycles. The van der Waals surface area contributed by atoms with Crippen molar-refractivity contribution < 1.29 is 19.7 Å². The third-order valence-electron chi connectivity index (χ3n) is 2.49. The first-order valence-corrected chi connectivity index (χ1v) is 4.06. The van der Waals surface area contributed by atoms with E-state index in [-0.39, 0.29) is 0 Å². The molecule has 0 unspecified atom stereocenters. The van der Waals surface area contributed by atoms with Crippen LogP contribution in [-0.2, 0) is 9.47 Å². The lowest BCUT2D eigenvalue weighted by molar-refractivity contribution is -0.263. The molecular weight excluding hydrogens is 160 g/mol. The van der Waals surface area contributed by atoms with Gasteiger partial charge in [0.15, 0.2) is 6.29 Å². The van der Waals surface area contributed by atoms with Crippen molar-refractivity contribution in [1.82, 2.24) is 0 Å². The Hall–Kier alpha value is -0.160. The summed E-state index contributed by atoms with van der Waals surface area (Å²) in [4.78, 5) is 0. The molecule has 1 aliphatic rings. The van der Waals surface area contributed by atoms with Crippen LogP contribution in [0.5, 0.6) is 0 Å². The summed E-state index contributed by atoms with van der Waals surface area (Å²) < 4.78 is 10.2. The topological polar surface area (TPSA) is 58.9 Å². The summed E-state index contributed by atoms with van der Waals surface area (Å²) >= 11 is 0. The van der Waals surface area contributed by atoms with E-state index in [4.69, 9.17) is 9.47 Å². The van der Waals surface area contributed by atoms with Crippen LogP contribution in [0.2, 0.25) is 0 Å². The molecule has 0 aromatic carbocycles. The lowest BCUT2D eigenvalue weighted by Crippen LogP contribution is -2.55. The number of aliphatic hydroxyl groups excluding tert-OH is 2. The van der Waals surface area contributed by atoms with E-state index in [1.807, 2.05) is 0 Å². The van der Waals surface area contributed by atoms with Crippen molar-refractivity contribution in [2.75, 3.05) is 7.11 Å². The third-order valence-corrected chi connectivity index (χ3v) is 2.49. The molecule has 1 saturated heterocycles. The summed E-state index contributed by atoms with van der Waals surface area (Å²) in [5.41, 5.74) is -0.697. The first-order chi connectivity index (χ1) is 5.49. The molecule has 2 N–H and O–H groups in total. The quantitative estimate of drug-likeness (QED) is 0.584. The summed E-state index contributed by atoms with van der Waals surface area (Å²) in [7, 11) is 1.52.